The Morgan fingerprint density at radius 3 is 2.55 bits per heavy atom. The minimum atomic E-state index is -0.139. The summed E-state index contributed by atoms with van der Waals surface area (Å²) >= 11 is 13.5. The molecule has 2 N–H and O–H groups in total. The van der Waals surface area contributed by atoms with Gasteiger partial charge in [-0.2, -0.15) is 0 Å². The Morgan fingerprint density at radius 2 is 1.90 bits per heavy atom. The molecule has 1 amide bonds. The molecule has 8 heteroatoms. The zero-order valence-corrected chi connectivity index (χ0v) is 19.1. The second-order valence-electron chi connectivity index (χ2n) is 6.41. The summed E-state index contributed by atoms with van der Waals surface area (Å²) in [5.41, 5.74) is 3.94. The monoisotopic (exact) mass is 468 g/mol. The van der Waals surface area contributed by atoms with Crippen LogP contribution in [-0.4, -0.2) is 17.4 Å². The summed E-state index contributed by atoms with van der Waals surface area (Å²) in [5, 5.41) is 9.56. The maximum atomic E-state index is 12.3. The van der Waals surface area contributed by atoms with Crippen molar-refractivity contribution in [2.45, 2.75) is 26.3 Å². The standard InChI is InChI=1S/C21H21Cl2N3OS.ClH/c1-3-14-4-6-15(7-5-14)13(2)24-11-20(27)26-21-25-19(12-28-21)17-9-8-16(22)10-18(17)23;/h4-10,12-13,24H,3,11H2,1-2H3,(H,25,26,27);1H/p-1. The molecular formula is C21H21Cl3N3OS-. The van der Waals surface area contributed by atoms with Crippen molar-refractivity contribution in [1.82, 2.24) is 10.3 Å². The topological polar surface area (TPSA) is 54.0 Å². The number of anilines is 1. The molecule has 0 aliphatic rings. The van der Waals surface area contributed by atoms with Gasteiger partial charge in [-0.15, -0.1) is 11.3 Å². The highest BCUT2D eigenvalue weighted by Crippen LogP contribution is 2.32. The van der Waals surface area contributed by atoms with Gasteiger partial charge in [-0.25, -0.2) is 4.98 Å². The van der Waals surface area contributed by atoms with E-state index in [2.05, 4.69) is 46.8 Å². The van der Waals surface area contributed by atoms with Crippen LogP contribution in [0.4, 0.5) is 5.13 Å². The third-order valence-electron chi connectivity index (χ3n) is 4.41. The Labute approximate surface area is 191 Å². The van der Waals surface area contributed by atoms with Gasteiger partial charge in [-0.1, -0.05) is 54.4 Å². The molecule has 0 aliphatic carbocycles. The van der Waals surface area contributed by atoms with Gasteiger partial charge < -0.3 is 23.0 Å². The summed E-state index contributed by atoms with van der Waals surface area (Å²) in [6, 6.07) is 13.8. The molecule has 3 aromatic rings. The van der Waals surface area contributed by atoms with Crippen LogP contribution in [0, 0.1) is 0 Å². The molecule has 4 nitrogen and oxygen atoms in total. The molecule has 3 rings (SSSR count). The van der Waals surface area contributed by atoms with E-state index in [9.17, 15) is 4.79 Å². The van der Waals surface area contributed by atoms with Crippen LogP contribution in [0.25, 0.3) is 11.3 Å². The molecule has 2 aromatic carbocycles. The maximum absolute atomic E-state index is 12.3. The fourth-order valence-electron chi connectivity index (χ4n) is 2.72. The normalized spacial score (nSPS) is 11.6. The van der Waals surface area contributed by atoms with Gasteiger partial charge in [0.25, 0.3) is 0 Å². The second kappa shape index (κ2) is 11.0. The first-order chi connectivity index (χ1) is 13.5. The first-order valence-corrected chi connectivity index (χ1v) is 10.6. The van der Waals surface area contributed by atoms with Gasteiger partial charge in [0.15, 0.2) is 5.13 Å². The molecule has 0 saturated carbocycles. The minimum absolute atomic E-state index is 0. The molecule has 1 heterocycles. The van der Waals surface area contributed by atoms with Crippen LogP contribution >= 0.6 is 34.5 Å². The smallest absolute Gasteiger partial charge is 0.240 e. The summed E-state index contributed by atoms with van der Waals surface area (Å²) in [5.74, 6) is -0.139. The van der Waals surface area contributed by atoms with Crippen LogP contribution < -0.4 is 23.0 Å². The van der Waals surface area contributed by atoms with Crippen molar-refractivity contribution in [2.75, 3.05) is 11.9 Å². The van der Waals surface area contributed by atoms with Crippen LogP contribution in [0.2, 0.25) is 10.0 Å². The van der Waals surface area contributed by atoms with E-state index in [0.717, 1.165) is 17.5 Å². The summed E-state index contributed by atoms with van der Waals surface area (Å²) in [6.07, 6.45) is 1.02. The lowest BCUT2D eigenvalue weighted by Gasteiger charge is -2.14. The highest BCUT2D eigenvalue weighted by Gasteiger charge is 2.12. The third-order valence-corrected chi connectivity index (χ3v) is 5.72. The van der Waals surface area contributed by atoms with E-state index in [0.29, 0.717) is 20.9 Å². The third kappa shape index (κ3) is 6.43. The molecule has 0 spiro atoms. The van der Waals surface area contributed by atoms with E-state index in [1.54, 1.807) is 12.1 Å². The fourth-order valence-corrected chi connectivity index (χ4v) is 3.95. The molecule has 154 valence electrons. The number of nitrogens with one attached hydrogen (secondary N) is 2. The zero-order chi connectivity index (χ0) is 20.1. The maximum Gasteiger partial charge on any atom is 0.240 e. The lowest BCUT2D eigenvalue weighted by molar-refractivity contribution is -0.115. The van der Waals surface area contributed by atoms with Crippen LogP contribution in [-0.2, 0) is 11.2 Å². The number of aryl methyl sites for hydroxylation is 1. The lowest BCUT2D eigenvalue weighted by Crippen LogP contribution is -3.00. The van der Waals surface area contributed by atoms with E-state index >= 15 is 0 Å². The number of rotatable bonds is 7. The number of thiazole rings is 1. The van der Waals surface area contributed by atoms with Gasteiger partial charge >= 0.3 is 0 Å². The van der Waals surface area contributed by atoms with Crippen molar-refractivity contribution >= 4 is 45.6 Å². The number of halogens is 3. The highest BCUT2D eigenvalue weighted by atomic mass is 35.5. The van der Waals surface area contributed by atoms with E-state index in [4.69, 9.17) is 23.2 Å². The molecule has 0 aliphatic heterocycles. The summed E-state index contributed by atoms with van der Waals surface area (Å²) in [6.45, 7) is 4.37. The Morgan fingerprint density at radius 1 is 1.17 bits per heavy atom. The summed E-state index contributed by atoms with van der Waals surface area (Å²) < 4.78 is 0. The van der Waals surface area contributed by atoms with E-state index in [1.165, 1.54) is 16.9 Å². The molecule has 0 fully saturated rings. The van der Waals surface area contributed by atoms with Gasteiger partial charge in [0.1, 0.15) is 0 Å². The molecule has 29 heavy (non-hydrogen) atoms. The molecule has 1 aromatic heterocycles. The van der Waals surface area contributed by atoms with Crippen LogP contribution in [0.15, 0.2) is 47.8 Å². The Hall–Kier alpha value is -1.63. The van der Waals surface area contributed by atoms with Crippen molar-refractivity contribution in [3.05, 3.63) is 69.0 Å². The van der Waals surface area contributed by atoms with Crippen molar-refractivity contribution < 1.29 is 17.2 Å². The Balaban J connectivity index is 0.00000300. The number of carbonyl (C=O) groups is 1. The average Bonchev–Trinajstić information content (AvgIpc) is 3.14. The predicted octanol–water partition coefficient (Wildman–Crippen LogP) is 2.97. The number of aromatic nitrogens is 1. The number of amides is 1. The zero-order valence-electron chi connectivity index (χ0n) is 16.0. The largest absolute Gasteiger partial charge is 1.00 e. The Kier molecular flexibility index (Phi) is 8.93. The van der Waals surface area contributed by atoms with Crippen LogP contribution in [0.3, 0.4) is 0 Å². The van der Waals surface area contributed by atoms with Gasteiger partial charge in [0.2, 0.25) is 5.91 Å². The SMILES string of the molecule is CCc1ccc(C(C)NCC(=O)Nc2nc(-c3ccc(Cl)cc3Cl)cs2)cc1.[Cl-]. The molecule has 0 saturated heterocycles. The number of hydrogen-bond acceptors (Lipinski definition) is 4. The number of hydrogen-bond donors (Lipinski definition) is 2. The predicted molar refractivity (Wildman–Crippen MR) is 118 cm³/mol. The number of benzene rings is 2. The first-order valence-electron chi connectivity index (χ1n) is 8.99. The van der Waals surface area contributed by atoms with Crippen LogP contribution in [0.1, 0.15) is 31.0 Å². The van der Waals surface area contributed by atoms with E-state index in [1.807, 2.05) is 18.4 Å². The molecule has 1 atom stereocenters. The van der Waals surface area contributed by atoms with Gasteiger partial charge in [-0.05, 0) is 42.7 Å². The van der Waals surface area contributed by atoms with Crippen molar-refractivity contribution in [1.29, 1.82) is 0 Å². The number of nitrogens with zero attached hydrogens (tertiary/aromatic N) is 1. The lowest BCUT2D eigenvalue weighted by atomic mass is 10.1. The van der Waals surface area contributed by atoms with Crippen LogP contribution in [0.5, 0.6) is 0 Å². The van der Waals surface area contributed by atoms with Gasteiger partial charge in [0, 0.05) is 22.0 Å². The molecule has 1 unspecified atom stereocenters. The minimum Gasteiger partial charge on any atom is -1.00 e. The summed E-state index contributed by atoms with van der Waals surface area (Å²) in [7, 11) is 0. The second-order valence-corrected chi connectivity index (χ2v) is 8.11. The molecule has 0 radical (unpaired) electrons. The molecule has 0 bridgehead atoms. The van der Waals surface area contributed by atoms with Crippen molar-refractivity contribution in [3.63, 3.8) is 0 Å². The summed E-state index contributed by atoms with van der Waals surface area (Å²) in [4.78, 5) is 16.7. The fraction of sp³-hybridized carbons (Fsp3) is 0.238. The van der Waals surface area contributed by atoms with Crippen molar-refractivity contribution in [2.24, 2.45) is 0 Å². The highest BCUT2D eigenvalue weighted by molar-refractivity contribution is 7.14. The average molecular weight is 470 g/mol. The molecular weight excluding hydrogens is 449 g/mol. The van der Waals surface area contributed by atoms with Gasteiger partial charge in [0.05, 0.1) is 17.3 Å². The number of carbonyl (C=O) groups excluding carboxylic acids is 1. The quantitative estimate of drug-likeness (QED) is 0.559. The first kappa shape index (κ1) is 23.6. The van der Waals surface area contributed by atoms with Crippen molar-refractivity contribution in [3.8, 4) is 11.3 Å². The van der Waals surface area contributed by atoms with E-state index < -0.39 is 0 Å². The Bertz CT molecular complexity index is 960. The van der Waals surface area contributed by atoms with E-state index in [-0.39, 0.29) is 30.9 Å². The van der Waals surface area contributed by atoms with Gasteiger partial charge in [-0.3, -0.25) is 4.79 Å².